The van der Waals surface area contributed by atoms with Gasteiger partial charge in [-0.3, -0.25) is 9.59 Å². The predicted octanol–water partition coefficient (Wildman–Crippen LogP) is 6.32. The Kier molecular flexibility index (Phi) is 7.46. The van der Waals surface area contributed by atoms with Crippen molar-refractivity contribution in [3.05, 3.63) is 93.2 Å². The second-order valence-electron chi connectivity index (χ2n) is 10.9. The fourth-order valence-corrected chi connectivity index (χ4v) is 5.69. The lowest BCUT2D eigenvalue weighted by Gasteiger charge is -2.38. The second-order valence-corrected chi connectivity index (χ2v) is 11.9. The van der Waals surface area contributed by atoms with Crippen LogP contribution in [0, 0.1) is 5.92 Å². The molecule has 2 aromatic carbocycles. The van der Waals surface area contributed by atoms with Crippen LogP contribution < -0.4 is 0 Å². The van der Waals surface area contributed by atoms with Crippen molar-refractivity contribution >= 4 is 23.2 Å². The van der Waals surface area contributed by atoms with Crippen molar-refractivity contribution in [2.45, 2.75) is 52.5 Å². The molecule has 2 heterocycles. The summed E-state index contributed by atoms with van der Waals surface area (Å²) in [6, 6.07) is 20.1. The van der Waals surface area contributed by atoms with Gasteiger partial charge in [-0.2, -0.15) is 0 Å². The summed E-state index contributed by atoms with van der Waals surface area (Å²) < 4.78 is 0. The first-order valence-electron chi connectivity index (χ1n) is 12.5. The van der Waals surface area contributed by atoms with Crippen LogP contribution in [-0.4, -0.2) is 41.2 Å². The largest absolute Gasteiger partial charge is 0.330 e. The summed E-state index contributed by atoms with van der Waals surface area (Å²) in [5.41, 5.74) is 4.16. The first-order valence-corrected chi connectivity index (χ1v) is 13.3. The van der Waals surface area contributed by atoms with Gasteiger partial charge in [0.15, 0.2) is 0 Å². The van der Waals surface area contributed by atoms with E-state index in [0.717, 1.165) is 12.0 Å². The number of carbonyl (C=O) groups is 2. The zero-order chi connectivity index (χ0) is 25.2. The third kappa shape index (κ3) is 5.67. The summed E-state index contributed by atoms with van der Waals surface area (Å²) in [5, 5.41) is 2.12. The average molecular weight is 489 g/mol. The topological polar surface area (TPSA) is 40.6 Å². The van der Waals surface area contributed by atoms with Gasteiger partial charge in [0, 0.05) is 23.5 Å². The molecule has 1 aromatic heterocycles. The Morgan fingerprint density at radius 3 is 2.34 bits per heavy atom. The maximum atomic E-state index is 13.8. The molecule has 35 heavy (non-hydrogen) atoms. The fraction of sp³-hybridized carbons (Fsp3) is 0.400. The van der Waals surface area contributed by atoms with Crippen LogP contribution in [0.3, 0.4) is 0 Å². The van der Waals surface area contributed by atoms with Crippen LogP contribution >= 0.6 is 11.3 Å². The minimum atomic E-state index is -0.110. The number of nitrogens with zero attached hydrogens (tertiary/aromatic N) is 2. The molecule has 1 atom stereocenters. The van der Waals surface area contributed by atoms with E-state index in [9.17, 15) is 9.59 Å². The van der Waals surface area contributed by atoms with E-state index >= 15 is 0 Å². The van der Waals surface area contributed by atoms with Crippen LogP contribution in [0.15, 0.2) is 66.0 Å². The Balaban J connectivity index is 1.59. The minimum Gasteiger partial charge on any atom is -0.330 e. The van der Waals surface area contributed by atoms with Gasteiger partial charge in [-0.1, -0.05) is 77.1 Å². The summed E-state index contributed by atoms with van der Waals surface area (Å²) >= 11 is 1.76. The standard InChI is InChI=1S/C30H36N2O2S/c1-21(2)19-31(29(34)23-11-13-24(14-12-23)30(3,4)5)20-27(33)32-17-15-26-25(16-18-35-26)28(32)22-9-7-6-8-10-22/h6-14,16,18,21,28H,15,17,19-20H2,1-5H3. The van der Waals surface area contributed by atoms with E-state index in [0.29, 0.717) is 18.7 Å². The fourth-order valence-electron chi connectivity index (χ4n) is 4.79. The molecular weight excluding hydrogens is 452 g/mol. The lowest BCUT2D eigenvalue weighted by Crippen LogP contribution is -2.47. The molecule has 0 saturated carbocycles. The SMILES string of the molecule is CC(C)CN(CC(=O)N1CCc2sccc2C1c1ccccc1)C(=O)c1ccc(C(C)(C)C)cc1. The molecule has 184 valence electrons. The molecular formula is C30H36N2O2S. The van der Waals surface area contributed by atoms with Gasteiger partial charge in [-0.15, -0.1) is 11.3 Å². The van der Waals surface area contributed by atoms with Crippen LogP contribution in [0.1, 0.15) is 72.6 Å². The maximum Gasteiger partial charge on any atom is 0.254 e. The highest BCUT2D eigenvalue weighted by Crippen LogP contribution is 2.37. The van der Waals surface area contributed by atoms with Crippen molar-refractivity contribution in [3.63, 3.8) is 0 Å². The molecule has 0 aliphatic carbocycles. The molecule has 1 aliphatic heterocycles. The summed E-state index contributed by atoms with van der Waals surface area (Å²) in [6.45, 7) is 11.9. The molecule has 0 spiro atoms. The van der Waals surface area contributed by atoms with E-state index in [-0.39, 0.29) is 35.7 Å². The van der Waals surface area contributed by atoms with E-state index in [2.05, 4.69) is 58.2 Å². The molecule has 0 N–H and O–H groups in total. The first-order chi connectivity index (χ1) is 16.6. The Labute approximate surface area is 213 Å². The van der Waals surface area contributed by atoms with Gasteiger partial charge in [0.25, 0.3) is 5.91 Å². The van der Waals surface area contributed by atoms with Gasteiger partial charge < -0.3 is 9.80 Å². The third-order valence-corrected chi connectivity index (χ3v) is 7.59. The Hall–Kier alpha value is -2.92. The number of benzene rings is 2. The second kappa shape index (κ2) is 10.4. The number of fused-ring (bicyclic) bond motifs is 1. The molecule has 4 nitrogen and oxygen atoms in total. The quantitative estimate of drug-likeness (QED) is 0.407. The van der Waals surface area contributed by atoms with E-state index in [1.807, 2.05) is 47.4 Å². The highest BCUT2D eigenvalue weighted by molar-refractivity contribution is 7.10. The van der Waals surface area contributed by atoms with Crippen LogP contribution in [0.2, 0.25) is 0 Å². The zero-order valence-electron chi connectivity index (χ0n) is 21.5. The summed E-state index contributed by atoms with van der Waals surface area (Å²) in [6.07, 6.45) is 0.856. The highest BCUT2D eigenvalue weighted by Gasteiger charge is 2.34. The van der Waals surface area contributed by atoms with E-state index < -0.39 is 0 Å². The first kappa shape index (κ1) is 25.2. The third-order valence-electron chi connectivity index (χ3n) is 6.60. The van der Waals surface area contributed by atoms with Crippen molar-refractivity contribution in [1.82, 2.24) is 9.80 Å². The maximum absolute atomic E-state index is 13.8. The van der Waals surface area contributed by atoms with Gasteiger partial charge in [0.1, 0.15) is 6.54 Å². The van der Waals surface area contributed by atoms with Gasteiger partial charge in [-0.25, -0.2) is 0 Å². The molecule has 5 heteroatoms. The monoisotopic (exact) mass is 488 g/mol. The average Bonchev–Trinajstić information content (AvgIpc) is 3.31. The van der Waals surface area contributed by atoms with Crippen molar-refractivity contribution in [1.29, 1.82) is 0 Å². The van der Waals surface area contributed by atoms with Gasteiger partial charge in [0.2, 0.25) is 5.91 Å². The molecule has 0 saturated heterocycles. The number of rotatable bonds is 6. The van der Waals surface area contributed by atoms with Crippen LogP contribution in [-0.2, 0) is 16.6 Å². The van der Waals surface area contributed by atoms with Crippen molar-refractivity contribution in [3.8, 4) is 0 Å². The van der Waals surface area contributed by atoms with Crippen LogP contribution in [0.5, 0.6) is 0 Å². The Morgan fingerprint density at radius 1 is 1.03 bits per heavy atom. The van der Waals surface area contributed by atoms with E-state index in [1.54, 1.807) is 16.2 Å². The summed E-state index contributed by atoms with van der Waals surface area (Å²) in [4.78, 5) is 32.3. The number of amides is 2. The smallest absolute Gasteiger partial charge is 0.254 e. The lowest BCUT2D eigenvalue weighted by atomic mass is 9.86. The zero-order valence-corrected chi connectivity index (χ0v) is 22.3. The Bertz CT molecular complexity index is 1160. The summed E-state index contributed by atoms with van der Waals surface area (Å²) in [5.74, 6) is 0.170. The molecule has 1 unspecified atom stereocenters. The number of hydrogen-bond acceptors (Lipinski definition) is 3. The molecule has 3 aromatic rings. The lowest BCUT2D eigenvalue weighted by molar-refractivity contribution is -0.134. The van der Waals surface area contributed by atoms with Crippen molar-refractivity contribution in [2.24, 2.45) is 5.92 Å². The van der Waals surface area contributed by atoms with E-state index in [4.69, 9.17) is 0 Å². The van der Waals surface area contributed by atoms with Gasteiger partial charge in [-0.05, 0) is 58.0 Å². The molecule has 0 fully saturated rings. The van der Waals surface area contributed by atoms with Crippen LogP contribution in [0.4, 0.5) is 0 Å². The Morgan fingerprint density at radius 2 is 1.71 bits per heavy atom. The minimum absolute atomic E-state index is 0.00369. The normalized spacial score (nSPS) is 15.7. The number of thiophene rings is 1. The molecule has 4 rings (SSSR count). The van der Waals surface area contributed by atoms with Gasteiger partial charge >= 0.3 is 0 Å². The number of hydrogen-bond donors (Lipinski definition) is 0. The molecule has 2 amide bonds. The molecule has 1 aliphatic rings. The van der Waals surface area contributed by atoms with Crippen LogP contribution in [0.25, 0.3) is 0 Å². The van der Waals surface area contributed by atoms with Gasteiger partial charge in [0.05, 0.1) is 6.04 Å². The van der Waals surface area contributed by atoms with Crippen molar-refractivity contribution < 1.29 is 9.59 Å². The number of carbonyl (C=O) groups excluding carboxylic acids is 2. The van der Waals surface area contributed by atoms with E-state index in [1.165, 1.54) is 16.0 Å². The van der Waals surface area contributed by atoms with Crippen molar-refractivity contribution in [2.75, 3.05) is 19.6 Å². The highest BCUT2D eigenvalue weighted by atomic mass is 32.1. The summed E-state index contributed by atoms with van der Waals surface area (Å²) in [7, 11) is 0. The molecule has 0 radical (unpaired) electrons. The predicted molar refractivity (Wildman–Crippen MR) is 144 cm³/mol. The molecule has 0 bridgehead atoms.